The molecule has 3 rings (SSSR count). The van der Waals surface area contributed by atoms with Gasteiger partial charge in [0.05, 0.1) is 0 Å². The standard InChI is InChI=1S/C9H19N.C8H17NS.C5H11N.C3H8.CH4/c1-9(2,3)10-7-5-4-6-8-10;1-8(2,3)9-4-6-10-7-5-9;1-2-4-6-5-3-1;1-3-2;/h4-8H2,1-3H3;4-7H2,1-3H3;6H,1-5H2;3H2,1-2H3;1H4. The summed E-state index contributed by atoms with van der Waals surface area (Å²) < 4.78 is 0. The third-order valence-corrected chi connectivity index (χ3v) is 6.41. The minimum Gasteiger partial charge on any atom is -0.317 e. The van der Waals surface area contributed by atoms with Crippen LogP contribution in [0.5, 0.6) is 0 Å². The molecule has 3 fully saturated rings. The van der Waals surface area contributed by atoms with Crippen molar-refractivity contribution in [1.29, 1.82) is 0 Å². The van der Waals surface area contributed by atoms with Crippen LogP contribution in [0.25, 0.3) is 0 Å². The highest BCUT2D eigenvalue weighted by atomic mass is 32.2. The van der Waals surface area contributed by atoms with Gasteiger partial charge in [0.25, 0.3) is 0 Å². The third kappa shape index (κ3) is 17.9. The summed E-state index contributed by atoms with van der Waals surface area (Å²) >= 11 is 2.07. The topological polar surface area (TPSA) is 18.5 Å². The average molecular weight is 446 g/mol. The molecule has 4 heteroatoms. The minimum absolute atomic E-state index is 0. The molecule has 0 aromatic rings. The fourth-order valence-corrected chi connectivity index (χ4v) is 4.50. The Morgan fingerprint density at radius 3 is 1.23 bits per heavy atom. The SMILES string of the molecule is C.C1CCNCC1.CC(C)(C)N1CCCCC1.CC(C)(C)N1CCSCC1.CCC. The predicted molar refractivity (Wildman–Crippen MR) is 143 cm³/mol. The van der Waals surface area contributed by atoms with Gasteiger partial charge in [-0.1, -0.05) is 40.5 Å². The maximum atomic E-state index is 3.28. The number of rotatable bonds is 0. The third-order valence-electron chi connectivity index (χ3n) is 5.47. The van der Waals surface area contributed by atoms with Crippen molar-refractivity contribution in [3.8, 4) is 0 Å². The fourth-order valence-electron chi connectivity index (χ4n) is 3.60. The van der Waals surface area contributed by atoms with Crippen LogP contribution in [0.15, 0.2) is 0 Å². The molecule has 0 bridgehead atoms. The molecule has 1 N–H and O–H groups in total. The zero-order valence-corrected chi connectivity index (χ0v) is 22.2. The Balaban J connectivity index is 0. The Morgan fingerprint density at radius 2 is 1.00 bits per heavy atom. The lowest BCUT2D eigenvalue weighted by atomic mass is 10.0. The van der Waals surface area contributed by atoms with Gasteiger partial charge >= 0.3 is 0 Å². The van der Waals surface area contributed by atoms with Gasteiger partial charge in [-0.2, -0.15) is 11.8 Å². The number of likely N-dealkylation sites (tertiary alicyclic amines) is 1. The molecule has 30 heavy (non-hydrogen) atoms. The highest BCUT2D eigenvalue weighted by Gasteiger charge is 2.23. The highest BCUT2D eigenvalue weighted by Crippen LogP contribution is 2.19. The maximum absolute atomic E-state index is 3.28. The summed E-state index contributed by atoms with van der Waals surface area (Å²) in [4.78, 5) is 5.14. The first-order valence-corrected chi connectivity index (χ1v) is 13.6. The molecule has 3 aliphatic rings. The lowest BCUT2D eigenvalue weighted by Crippen LogP contribution is -2.45. The fraction of sp³-hybridized carbons (Fsp3) is 1.00. The Labute approximate surface area is 196 Å². The second-order valence-corrected chi connectivity index (χ2v) is 11.7. The molecular formula is C26H59N3S. The number of thioether (sulfide) groups is 1. The predicted octanol–water partition coefficient (Wildman–Crippen LogP) is 6.92. The van der Waals surface area contributed by atoms with E-state index in [-0.39, 0.29) is 7.43 Å². The summed E-state index contributed by atoms with van der Waals surface area (Å²) in [7, 11) is 0. The first kappa shape index (κ1) is 32.4. The van der Waals surface area contributed by atoms with Gasteiger partial charge in [-0.15, -0.1) is 0 Å². The van der Waals surface area contributed by atoms with E-state index in [1.54, 1.807) is 0 Å². The lowest BCUT2D eigenvalue weighted by Gasteiger charge is -2.38. The van der Waals surface area contributed by atoms with Gasteiger partial charge in [0.15, 0.2) is 0 Å². The molecule has 0 atom stereocenters. The van der Waals surface area contributed by atoms with Crippen LogP contribution in [-0.4, -0.2) is 71.7 Å². The highest BCUT2D eigenvalue weighted by molar-refractivity contribution is 7.99. The van der Waals surface area contributed by atoms with E-state index in [2.05, 4.69) is 82.3 Å². The summed E-state index contributed by atoms with van der Waals surface area (Å²) in [6.07, 6.45) is 9.70. The van der Waals surface area contributed by atoms with E-state index in [1.165, 1.54) is 95.7 Å². The average Bonchev–Trinajstić information content (AvgIpc) is 2.71. The summed E-state index contributed by atoms with van der Waals surface area (Å²) in [5.41, 5.74) is 0.793. The molecule has 0 saturated carbocycles. The van der Waals surface area contributed by atoms with Crippen LogP contribution in [0.1, 0.15) is 108 Å². The van der Waals surface area contributed by atoms with Crippen molar-refractivity contribution in [1.82, 2.24) is 15.1 Å². The van der Waals surface area contributed by atoms with Crippen LogP contribution in [0.2, 0.25) is 0 Å². The van der Waals surface area contributed by atoms with Gasteiger partial charge in [-0.25, -0.2) is 0 Å². The molecule has 0 spiro atoms. The molecule has 0 aromatic heterocycles. The molecular weight excluding hydrogens is 386 g/mol. The van der Waals surface area contributed by atoms with Crippen molar-refractivity contribution in [3.05, 3.63) is 0 Å². The van der Waals surface area contributed by atoms with E-state index in [0.717, 1.165) is 0 Å². The first-order chi connectivity index (χ1) is 13.6. The normalized spacial score (nSPS) is 20.8. The van der Waals surface area contributed by atoms with Gasteiger partial charge < -0.3 is 5.32 Å². The van der Waals surface area contributed by atoms with E-state index in [0.29, 0.717) is 11.1 Å². The molecule has 0 aromatic carbocycles. The van der Waals surface area contributed by atoms with Crippen LogP contribution in [-0.2, 0) is 0 Å². The zero-order chi connectivity index (χ0) is 22.2. The van der Waals surface area contributed by atoms with Gasteiger partial charge in [-0.3, -0.25) is 9.80 Å². The largest absolute Gasteiger partial charge is 0.317 e. The Hall–Kier alpha value is 0.230. The summed E-state index contributed by atoms with van der Waals surface area (Å²) in [6.45, 7) is 25.7. The number of nitrogens with one attached hydrogen (secondary N) is 1. The molecule has 3 saturated heterocycles. The molecule has 184 valence electrons. The molecule has 0 radical (unpaired) electrons. The second-order valence-electron chi connectivity index (χ2n) is 10.5. The number of hydrogen-bond acceptors (Lipinski definition) is 4. The van der Waals surface area contributed by atoms with Crippen molar-refractivity contribution in [2.24, 2.45) is 0 Å². The number of hydrogen-bond donors (Lipinski definition) is 1. The minimum atomic E-state index is 0. The van der Waals surface area contributed by atoms with E-state index in [9.17, 15) is 0 Å². The van der Waals surface area contributed by atoms with Crippen LogP contribution in [0.4, 0.5) is 0 Å². The summed E-state index contributed by atoms with van der Waals surface area (Å²) in [5.74, 6) is 2.63. The maximum Gasteiger partial charge on any atom is 0.0125 e. The molecule has 3 nitrogen and oxygen atoms in total. The van der Waals surface area contributed by atoms with Crippen LogP contribution < -0.4 is 5.32 Å². The monoisotopic (exact) mass is 445 g/mol. The molecule has 3 aliphatic heterocycles. The van der Waals surface area contributed by atoms with Crippen molar-refractivity contribution < 1.29 is 0 Å². The molecule has 3 heterocycles. The van der Waals surface area contributed by atoms with Crippen molar-refractivity contribution >= 4 is 11.8 Å². The molecule has 0 unspecified atom stereocenters. The summed E-state index contributed by atoms with van der Waals surface area (Å²) in [6, 6.07) is 0. The van der Waals surface area contributed by atoms with Gasteiger partial charge in [0.2, 0.25) is 0 Å². The summed E-state index contributed by atoms with van der Waals surface area (Å²) in [5, 5.41) is 3.28. The van der Waals surface area contributed by atoms with Crippen molar-refractivity contribution in [3.63, 3.8) is 0 Å². The van der Waals surface area contributed by atoms with E-state index in [1.807, 2.05) is 0 Å². The Kier molecular flexibility index (Phi) is 20.3. The van der Waals surface area contributed by atoms with Crippen molar-refractivity contribution in [2.75, 3.05) is 50.8 Å². The molecule has 0 aliphatic carbocycles. The van der Waals surface area contributed by atoms with Crippen LogP contribution in [0.3, 0.4) is 0 Å². The zero-order valence-electron chi connectivity index (χ0n) is 21.4. The van der Waals surface area contributed by atoms with E-state index >= 15 is 0 Å². The van der Waals surface area contributed by atoms with Gasteiger partial charge in [-0.05, 0) is 93.4 Å². The Morgan fingerprint density at radius 1 is 0.633 bits per heavy atom. The number of nitrogens with zero attached hydrogens (tertiary/aromatic N) is 2. The smallest absolute Gasteiger partial charge is 0.0125 e. The second kappa shape index (κ2) is 18.8. The van der Waals surface area contributed by atoms with E-state index in [4.69, 9.17) is 0 Å². The van der Waals surface area contributed by atoms with Crippen LogP contribution in [0, 0.1) is 0 Å². The molecule has 0 amide bonds. The van der Waals surface area contributed by atoms with Crippen molar-refractivity contribution in [2.45, 2.75) is 119 Å². The van der Waals surface area contributed by atoms with Gasteiger partial charge in [0.1, 0.15) is 0 Å². The first-order valence-electron chi connectivity index (χ1n) is 12.4. The Bertz CT molecular complexity index is 305. The lowest BCUT2D eigenvalue weighted by molar-refractivity contribution is 0.111. The van der Waals surface area contributed by atoms with Gasteiger partial charge in [0, 0.05) is 35.7 Å². The number of piperidine rings is 2. The van der Waals surface area contributed by atoms with E-state index < -0.39 is 0 Å². The van der Waals surface area contributed by atoms with Crippen LogP contribution >= 0.6 is 11.8 Å². The quantitative estimate of drug-likeness (QED) is 0.436.